The molecule has 0 heterocycles. The van der Waals surface area contributed by atoms with Crippen LogP contribution in [-0.4, -0.2) is 23.7 Å². The highest BCUT2D eigenvalue weighted by molar-refractivity contribution is 4.99. The largest absolute Gasteiger partial charge is 0.502 e. The molecule has 0 aromatic carbocycles. The maximum absolute atomic E-state index is 12.2. The van der Waals surface area contributed by atoms with Gasteiger partial charge in [0.15, 0.2) is 0 Å². The summed E-state index contributed by atoms with van der Waals surface area (Å²) in [6.07, 6.45) is -0.718. The van der Waals surface area contributed by atoms with Gasteiger partial charge in [0.2, 0.25) is 0 Å². The number of hydrogen-bond acceptors (Lipinski definition) is 2. The van der Waals surface area contributed by atoms with Crippen molar-refractivity contribution in [2.24, 2.45) is 0 Å². The first-order chi connectivity index (χ1) is 5.56. The Hall–Kier alpha value is -0.640. The van der Waals surface area contributed by atoms with Crippen LogP contribution in [0, 0.1) is 0 Å². The summed E-state index contributed by atoms with van der Waals surface area (Å²) in [5.41, 5.74) is -2.05. The van der Waals surface area contributed by atoms with Crippen molar-refractivity contribution >= 4 is 0 Å². The van der Waals surface area contributed by atoms with Gasteiger partial charge < -0.3 is 9.84 Å². The molecule has 0 aliphatic carbocycles. The molecule has 1 unspecified atom stereocenters. The van der Waals surface area contributed by atoms with E-state index in [1.165, 1.54) is 6.92 Å². The quantitative estimate of drug-likeness (QED) is 0.655. The number of ether oxygens (including phenoxy) is 1. The topological polar surface area (TPSA) is 29.5 Å². The molecule has 0 spiro atoms. The number of hydrogen-bond donors (Lipinski definition) is 1. The number of aliphatic hydroxyl groups is 1. The highest BCUT2D eigenvalue weighted by Gasteiger charge is 2.32. The normalized spacial score (nSPS) is 16.8. The SMILES string of the molecule is CCO/C=C/C(O)(CC)C(F)F. The second-order valence-electron chi connectivity index (χ2n) is 2.40. The van der Waals surface area contributed by atoms with Crippen molar-refractivity contribution in [3.63, 3.8) is 0 Å². The van der Waals surface area contributed by atoms with Crippen LogP contribution in [0.15, 0.2) is 12.3 Å². The Morgan fingerprint density at radius 2 is 2.08 bits per heavy atom. The highest BCUT2D eigenvalue weighted by Crippen LogP contribution is 2.21. The lowest BCUT2D eigenvalue weighted by atomic mass is 10.0. The van der Waals surface area contributed by atoms with Crippen LogP contribution in [0.2, 0.25) is 0 Å². The van der Waals surface area contributed by atoms with Crippen LogP contribution in [0.5, 0.6) is 0 Å². The predicted molar refractivity (Wildman–Crippen MR) is 42.0 cm³/mol. The summed E-state index contributed by atoms with van der Waals surface area (Å²) in [5, 5.41) is 9.21. The molecule has 0 aliphatic heterocycles. The first-order valence-electron chi connectivity index (χ1n) is 3.86. The van der Waals surface area contributed by atoms with E-state index in [0.717, 1.165) is 12.3 Å². The molecular formula is C8H14F2O2. The molecule has 72 valence electrons. The molecule has 0 saturated heterocycles. The monoisotopic (exact) mass is 180 g/mol. The van der Waals surface area contributed by atoms with Crippen LogP contribution in [0.25, 0.3) is 0 Å². The molecule has 0 bridgehead atoms. The minimum absolute atomic E-state index is 0.0335. The van der Waals surface area contributed by atoms with Gasteiger partial charge in [0, 0.05) is 0 Å². The van der Waals surface area contributed by atoms with E-state index in [2.05, 4.69) is 0 Å². The Bertz CT molecular complexity index is 148. The standard InChI is InChI=1S/C8H14F2O2/c1-3-8(11,7(9)10)5-6-12-4-2/h5-7,11H,3-4H2,1-2H3/b6-5+. The lowest BCUT2D eigenvalue weighted by Gasteiger charge is -2.20. The van der Waals surface area contributed by atoms with Gasteiger partial charge in [-0.15, -0.1) is 0 Å². The van der Waals surface area contributed by atoms with Gasteiger partial charge in [-0.05, 0) is 19.4 Å². The van der Waals surface area contributed by atoms with Crippen LogP contribution in [0.4, 0.5) is 8.78 Å². The fraction of sp³-hybridized carbons (Fsp3) is 0.750. The van der Waals surface area contributed by atoms with Crippen LogP contribution in [0.1, 0.15) is 20.3 Å². The average Bonchev–Trinajstić information content (AvgIpc) is 2.04. The van der Waals surface area contributed by atoms with Crippen molar-refractivity contribution in [3.8, 4) is 0 Å². The molecule has 2 nitrogen and oxygen atoms in total. The van der Waals surface area contributed by atoms with Crippen molar-refractivity contribution in [1.29, 1.82) is 0 Å². The first kappa shape index (κ1) is 11.4. The van der Waals surface area contributed by atoms with Crippen molar-refractivity contribution < 1.29 is 18.6 Å². The first-order valence-corrected chi connectivity index (χ1v) is 3.86. The van der Waals surface area contributed by atoms with Crippen LogP contribution < -0.4 is 0 Å². The van der Waals surface area contributed by atoms with Gasteiger partial charge in [-0.2, -0.15) is 0 Å². The Balaban J connectivity index is 4.13. The molecule has 0 aliphatic rings. The van der Waals surface area contributed by atoms with E-state index in [1.807, 2.05) is 0 Å². The van der Waals surface area contributed by atoms with Gasteiger partial charge >= 0.3 is 0 Å². The zero-order chi connectivity index (χ0) is 9.61. The summed E-state index contributed by atoms with van der Waals surface area (Å²) in [7, 11) is 0. The zero-order valence-corrected chi connectivity index (χ0v) is 7.26. The second-order valence-corrected chi connectivity index (χ2v) is 2.40. The predicted octanol–water partition coefficient (Wildman–Crippen LogP) is 1.94. The lowest BCUT2D eigenvalue weighted by Crippen LogP contribution is -2.33. The van der Waals surface area contributed by atoms with Gasteiger partial charge in [0.1, 0.15) is 5.60 Å². The third-order valence-corrected chi connectivity index (χ3v) is 1.56. The zero-order valence-electron chi connectivity index (χ0n) is 7.26. The molecule has 0 saturated carbocycles. The average molecular weight is 180 g/mol. The van der Waals surface area contributed by atoms with E-state index in [0.29, 0.717) is 6.61 Å². The fourth-order valence-electron chi connectivity index (χ4n) is 0.607. The minimum atomic E-state index is -2.78. The Kier molecular flexibility index (Phi) is 4.81. The molecule has 12 heavy (non-hydrogen) atoms. The summed E-state index contributed by atoms with van der Waals surface area (Å²) >= 11 is 0. The van der Waals surface area contributed by atoms with E-state index in [4.69, 9.17) is 4.74 Å². The van der Waals surface area contributed by atoms with E-state index in [9.17, 15) is 13.9 Å². The second kappa shape index (κ2) is 5.09. The molecule has 0 radical (unpaired) electrons. The van der Waals surface area contributed by atoms with E-state index < -0.39 is 12.0 Å². The molecule has 0 rings (SSSR count). The van der Waals surface area contributed by atoms with Gasteiger partial charge in [-0.1, -0.05) is 6.92 Å². The molecule has 0 fully saturated rings. The van der Waals surface area contributed by atoms with E-state index in [-0.39, 0.29) is 6.42 Å². The number of halogens is 2. The highest BCUT2D eigenvalue weighted by atomic mass is 19.3. The fourth-order valence-corrected chi connectivity index (χ4v) is 0.607. The van der Waals surface area contributed by atoms with E-state index in [1.54, 1.807) is 6.92 Å². The van der Waals surface area contributed by atoms with Crippen molar-refractivity contribution in [2.45, 2.75) is 32.3 Å². The summed E-state index contributed by atoms with van der Waals surface area (Å²) in [6, 6.07) is 0. The summed E-state index contributed by atoms with van der Waals surface area (Å²) in [5.74, 6) is 0. The smallest absolute Gasteiger partial charge is 0.270 e. The summed E-state index contributed by atoms with van der Waals surface area (Å²) < 4.78 is 29.0. The van der Waals surface area contributed by atoms with Crippen LogP contribution in [-0.2, 0) is 4.74 Å². The molecule has 0 aromatic heterocycles. The Labute approximate surface area is 70.8 Å². The van der Waals surface area contributed by atoms with Crippen LogP contribution in [0.3, 0.4) is 0 Å². The Morgan fingerprint density at radius 3 is 2.42 bits per heavy atom. The van der Waals surface area contributed by atoms with Crippen molar-refractivity contribution in [1.82, 2.24) is 0 Å². The third-order valence-electron chi connectivity index (χ3n) is 1.56. The number of rotatable bonds is 5. The molecule has 0 amide bonds. The lowest BCUT2D eigenvalue weighted by molar-refractivity contribution is -0.0648. The molecular weight excluding hydrogens is 166 g/mol. The van der Waals surface area contributed by atoms with Gasteiger partial charge in [0.05, 0.1) is 12.9 Å². The van der Waals surface area contributed by atoms with Crippen molar-refractivity contribution in [3.05, 3.63) is 12.3 Å². The molecule has 4 heteroatoms. The maximum atomic E-state index is 12.2. The van der Waals surface area contributed by atoms with Crippen molar-refractivity contribution in [2.75, 3.05) is 6.61 Å². The minimum Gasteiger partial charge on any atom is -0.502 e. The molecule has 0 aromatic rings. The van der Waals surface area contributed by atoms with Crippen LogP contribution >= 0.6 is 0 Å². The van der Waals surface area contributed by atoms with Gasteiger partial charge in [0.25, 0.3) is 6.43 Å². The van der Waals surface area contributed by atoms with E-state index >= 15 is 0 Å². The maximum Gasteiger partial charge on any atom is 0.270 e. The van der Waals surface area contributed by atoms with Gasteiger partial charge in [-0.3, -0.25) is 0 Å². The summed E-state index contributed by atoms with van der Waals surface area (Å²) in [4.78, 5) is 0. The number of alkyl halides is 2. The summed E-state index contributed by atoms with van der Waals surface area (Å²) in [6.45, 7) is 3.62. The van der Waals surface area contributed by atoms with Gasteiger partial charge in [-0.25, -0.2) is 8.78 Å². The Morgan fingerprint density at radius 1 is 1.50 bits per heavy atom. The molecule has 1 N–H and O–H groups in total. The molecule has 1 atom stereocenters. The third kappa shape index (κ3) is 3.17.